The van der Waals surface area contributed by atoms with Crippen LogP contribution in [0, 0.1) is 0 Å². The average molecular weight is 627 g/mol. The van der Waals surface area contributed by atoms with E-state index in [0.29, 0.717) is 24.5 Å². The minimum absolute atomic E-state index is 0.0620. The molecule has 0 radical (unpaired) electrons. The van der Waals surface area contributed by atoms with Gasteiger partial charge in [0.05, 0.1) is 31.7 Å². The normalized spacial score (nSPS) is 14.6. The third kappa shape index (κ3) is 5.99. The summed E-state index contributed by atoms with van der Waals surface area (Å²) in [5.74, 6) is 2.20. The Kier molecular flexibility index (Phi) is 8.02. The van der Waals surface area contributed by atoms with E-state index in [9.17, 15) is 0 Å². The first-order valence-electron chi connectivity index (χ1n) is 13.2. The summed E-state index contributed by atoms with van der Waals surface area (Å²) in [4.78, 5) is 4.99. The van der Waals surface area contributed by atoms with Crippen LogP contribution in [-0.2, 0) is 6.61 Å². The Morgan fingerprint density at radius 1 is 0.854 bits per heavy atom. The van der Waals surface area contributed by atoms with E-state index in [1.807, 2.05) is 71.7 Å². The number of hydrogen-bond acceptors (Lipinski definition) is 7. The molecule has 4 aromatic carbocycles. The van der Waals surface area contributed by atoms with Crippen molar-refractivity contribution in [1.29, 1.82) is 0 Å². The summed E-state index contributed by atoms with van der Waals surface area (Å²) < 4.78 is 18.3. The summed E-state index contributed by atoms with van der Waals surface area (Å²) in [6.07, 6.45) is 0.715. The quantitative estimate of drug-likeness (QED) is 0.164. The predicted octanol–water partition coefficient (Wildman–Crippen LogP) is 8.52. The molecule has 1 unspecified atom stereocenters. The first-order chi connectivity index (χ1) is 20.1. The first kappa shape index (κ1) is 27.1. The Labute approximate surface area is 252 Å². The molecule has 6 rings (SSSR count). The Bertz CT molecular complexity index is 1650. The number of nitrogens with zero attached hydrogens (tertiary/aromatic N) is 3. The van der Waals surface area contributed by atoms with Crippen LogP contribution in [0.5, 0.6) is 17.2 Å². The fourth-order valence-corrected chi connectivity index (χ4v) is 5.87. The van der Waals surface area contributed by atoms with Gasteiger partial charge >= 0.3 is 0 Å². The van der Waals surface area contributed by atoms with Crippen molar-refractivity contribution in [3.05, 3.63) is 124 Å². The van der Waals surface area contributed by atoms with E-state index in [2.05, 4.69) is 51.6 Å². The number of aromatic nitrogens is 1. The molecular formula is C33H28BrN3O3S. The fourth-order valence-electron chi connectivity index (χ4n) is 4.77. The summed E-state index contributed by atoms with van der Waals surface area (Å²) in [6.45, 7) is 0.467. The first-order valence-corrected chi connectivity index (χ1v) is 14.9. The molecular weight excluding hydrogens is 598 g/mol. The zero-order valence-corrected chi connectivity index (χ0v) is 25.1. The van der Waals surface area contributed by atoms with Crippen molar-refractivity contribution in [3.63, 3.8) is 0 Å². The van der Waals surface area contributed by atoms with Crippen molar-refractivity contribution in [2.24, 2.45) is 5.10 Å². The molecule has 1 aromatic heterocycles. The summed E-state index contributed by atoms with van der Waals surface area (Å²) in [5, 5.41) is 10.0. The van der Waals surface area contributed by atoms with E-state index in [1.165, 1.54) is 0 Å². The average Bonchev–Trinajstić information content (AvgIpc) is 3.69. The van der Waals surface area contributed by atoms with Crippen molar-refractivity contribution in [1.82, 2.24) is 4.98 Å². The third-order valence-corrected chi connectivity index (χ3v) is 8.33. The van der Waals surface area contributed by atoms with Crippen LogP contribution in [0.15, 0.2) is 112 Å². The Hall–Kier alpha value is -4.14. The van der Waals surface area contributed by atoms with Gasteiger partial charge < -0.3 is 14.2 Å². The van der Waals surface area contributed by atoms with E-state index in [-0.39, 0.29) is 6.04 Å². The zero-order valence-electron chi connectivity index (χ0n) is 22.7. The van der Waals surface area contributed by atoms with Crippen molar-refractivity contribution >= 4 is 38.1 Å². The number of halogens is 1. The Morgan fingerprint density at radius 3 is 2.34 bits per heavy atom. The molecule has 0 bridgehead atoms. The zero-order chi connectivity index (χ0) is 28.2. The standard InChI is InChI=1S/C33H28BrN3O3S/c1-38-27-15-10-23(11-16-27)28-19-30(37(36-28)33-35-29(21-41-33)24-8-13-26(34)14-9-24)25-12-17-31(32(18-25)39-2)40-20-22-6-4-3-5-7-22/h3-18,21,30H,19-20H2,1-2H3. The molecule has 0 saturated carbocycles. The van der Waals surface area contributed by atoms with Gasteiger partial charge in [0.25, 0.3) is 0 Å². The maximum Gasteiger partial charge on any atom is 0.207 e. The minimum Gasteiger partial charge on any atom is -0.497 e. The van der Waals surface area contributed by atoms with E-state index in [0.717, 1.165) is 49.0 Å². The van der Waals surface area contributed by atoms with Crippen molar-refractivity contribution in [2.75, 3.05) is 19.2 Å². The molecule has 2 heterocycles. The van der Waals surface area contributed by atoms with E-state index < -0.39 is 0 Å². The lowest BCUT2D eigenvalue weighted by molar-refractivity contribution is 0.284. The molecule has 1 aliphatic heterocycles. The number of benzene rings is 4. The van der Waals surface area contributed by atoms with Crippen LogP contribution in [0.3, 0.4) is 0 Å². The van der Waals surface area contributed by atoms with Crippen molar-refractivity contribution in [3.8, 4) is 28.5 Å². The topological polar surface area (TPSA) is 56.2 Å². The smallest absolute Gasteiger partial charge is 0.207 e. The number of anilines is 1. The van der Waals surface area contributed by atoms with Gasteiger partial charge in [0.15, 0.2) is 11.5 Å². The molecule has 8 heteroatoms. The second-order valence-electron chi connectivity index (χ2n) is 9.55. The molecule has 0 spiro atoms. The largest absolute Gasteiger partial charge is 0.497 e. The molecule has 6 nitrogen and oxygen atoms in total. The van der Waals surface area contributed by atoms with Gasteiger partial charge in [-0.1, -0.05) is 64.5 Å². The number of rotatable bonds is 9. The minimum atomic E-state index is -0.0620. The van der Waals surface area contributed by atoms with Crippen LogP contribution in [0.2, 0.25) is 0 Å². The van der Waals surface area contributed by atoms with Crippen LogP contribution >= 0.6 is 27.3 Å². The van der Waals surface area contributed by atoms with Gasteiger partial charge in [-0.05, 0) is 65.2 Å². The van der Waals surface area contributed by atoms with Gasteiger partial charge in [0, 0.05) is 21.8 Å². The summed E-state index contributed by atoms with van der Waals surface area (Å²) in [6, 6.07) is 32.4. The SMILES string of the molecule is COc1ccc(C2=NN(c3nc(-c4ccc(Br)cc4)cs3)C(c3ccc(OCc4ccccc4)c(OC)c3)C2)cc1. The molecule has 41 heavy (non-hydrogen) atoms. The highest BCUT2D eigenvalue weighted by Gasteiger charge is 2.32. The summed E-state index contributed by atoms with van der Waals surface area (Å²) in [7, 11) is 3.34. The van der Waals surface area contributed by atoms with Crippen molar-refractivity contribution in [2.45, 2.75) is 19.1 Å². The summed E-state index contributed by atoms with van der Waals surface area (Å²) >= 11 is 5.10. The highest BCUT2D eigenvalue weighted by Crippen LogP contribution is 2.42. The molecule has 0 amide bonds. The van der Waals surface area contributed by atoms with Gasteiger partial charge in [-0.3, -0.25) is 0 Å². The van der Waals surface area contributed by atoms with Crippen LogP contribution in [0.4, 0.5) is 5.13 Å². The van der Waals surface area contributed by atoms with Gasteiger partial charge in [0.1, 0.15) is 12.4 Å². The lowest BCUT2D eigenvalue weighted by atomic mass is 9.98. The maximum absolute atomic E-state index is 6.12. The second-order valence-corrected chi connectivity index (χ2v) is 11.3. The number of hydrogen-bond donors (Lipinski definition) is 0. The Morgan fingerprint density at radius 2 is 1.61 bits per heavy atom. The third-order valence-electron chi connectivity index (χ3n) is 6.97. The highest BCUT2D eigenvalue weighted by molar-refractivity contribution is 9.10. The second kappa shape index (κ2) is 12.2. The van der Waals surface area contributed by atoms with E-state index in [1.54, 1.807) is 25.6 Å². The van der Waals surface area contributed by atoms with E-state index >= 15 is 0 Å². The van der Waals surface area contributed by atoms with Crippen LogP contribution < -0.4 is 19.2 Å². The lowest BCUT2D eigenvalue weighted by Gasteiger charge is -2.22. The number of ether oxygens (including phenoxy) is 3. The fraction of sp³-hybridized carbons (Fsp3) is 0.152. The molecule has 206 valence electrons. The van der Waals surface area contributed by atoms with Gasteiger partial charge in [-0.2, -0.15) is 5.10 Å². The summed E-state index contributed by atoms with van der Waals surface area (Å²) in [5.41, 5.74) is 6.20. The molecule has 1 aliphatic rings. The molecule has 0 aliphatic carbocycles. The van der Waals surface area contributed by atoms with Crippen molar-refractivity contribution < 1.29 is 14.2 Å². The lowest BCUT2D eigenvalue weighted by Crippen LogP contribution is -2.18. The van der Waals surface area contributed by atoms with Crippen LogP contribution in [0.1, 0.15) is 29.2 Å². The number of methoxy groups -OCH3 is 2. The Balaban J connectivity index is 1.32. The molecule has 0 saturated heterocycles. The van der Waals surface area contributed by atoms with Gasteiger partial charge in [0.2, 0.25) is 5.13 Å². The number of hydrazone groups is 1. The van der Waals surface area contributed by atoms with Crippen LogP contribution in [0.25, 0.3) is 11.3 Å². The highest BCUT2D eigenvalue weighted by atomic mass is 79.9. The molecule has 1 atom stereocenters. The molecule has 0 N–H and O–H groups in total. The predicted molar refractivity (Wildman–Crippen MR) is 168 cm³/mol. The van der Waals surface area contributed by atoms with E-state index in [4.69, 9.17) is 24.3 Å². The van der Waals surface area contributed by atoms with Gasteiger partial charge in [-0.25, -0.2) is 9.99 Å². The monoisotopic (exact) mass is 625 g/mol. The van der Waals surface area contributed by atoms with Gasteiger partial charge in [-0.15, -0.1) is 11.3 Å². The maximum atomic E-state index is 6.12. The van der Waals surface area contributed by atoms with Crippen LogP contribution in [-0.4, -0.2) is 24.9 Å². The molecule has 5 aromatic rings. The molecule has 0 fully saturated rings. The number of thiazole rings is 1.